The molecule has 0 spiro atoms. The van der Waals surface area contributed by atoms with E-state index in [1.807, 2.05) is 31.2 Å². The Labute approximate surface area is 144 Å². The molecule has 6 nitrogen and oxygen atoms in total. The monoisotopic (exact) mass is 342 g/mol. The molecule has 7 heteroatoms. The second-order valence-electron chi connectivity index (χ2n) is 5.42. The van der Waals surface area contributed by atoms with E-state index in [9.17, 15) is 9.59 Å². The van der Waals surface area contributed by atoms with Gasteiger partial charge >= 0.3 is 0 Å². The molecule has 0 bridgehead atoms. The zero-order chi connectivity index (χ0) is 16.9. The Hall–Kier alpha value is -2.54. The van der Waals surface area contributed by atoms with Gasteiger partial charge in [0.05, 0.1) is 0 Å². The van der Waals surface area contributed by atoms with Crippen LogP contribution in [-0.4, -0.2) is 28.6 Å². The largest absolute Gasteiger partial charge is 0.312 e. The average Bonchev–Trinajstić information content (AvgIpc) is 3.22. The van der Waals surface area contributed by atoms with Crippen LogP contribution in [0.4, 0.5) is 10.8 Å². The van der Waals surface area contributed by atoms with Gasteiger partial charge in [-0.3, -0.25) is 14.9 Å². The Kier molecular flexibility index (Phi) is 5.00. The summed E-state index contributed by atoms with van der Waals surface area (Å²) in [7, 11) is 0. The smallest absolute Gasteiger partial charge is 0.250 e. The predicted molar refractivity (Wildman–Crippen MR) is 95.0 cm³/mol. The molecular formula is C17H18N4O2S. The number of rotatable bonds is 5. The predicted octanol–water partition coefficient (Wildman–Crippen LogP) is 2.88. The summed E-state index contributed by atoms with van der Waals surface area (Å²) in [5.41, 5.74) is 1.80. The van der Waals surface area contributed by atoms with E-state index >= 15 is 0 Å². The first-order valence-corrected chi connectivity index (χ1v) is 8.69. The van der Waals surface area contributed by atoms with Crippen molar-refractivity contribution in [2.24, 2.45) is 0 Å². The molecule has 124 valence electrons. The number of nitrogens with zero attached hydrogens (tertiary/aromatic N) is 3. The summed E-state index contributed by atoms with van der Waals surface area (Å²) in [5, 5.41) is 12.0. The highest BCUT2D eigenvalue weighted by molar-refractivity contribution is 7.15. The lowest BCUT2D eigenvalue weighted by molar-refractivity contribution is -0.117. The van der Waals surface area contributed by atoms with Gasteiger partial charge in [-0.2, -0.15) is 0 Å². The minimum absolute atomic E-state index is 0.168. The number of aryl methyl sites for hydroxylation is 1. The molecule has 1 N–H and O–H groups in total. The minimum atomic E-state index is -0.243. The van der Waals surface area contributed by atoms with Crippen LogP contribution in [0.15, 0.2) is 30.3 Å². The fourth-order valence-corrected chi connectivity index (χ4v) is 3.13. The molecule has 2 heterocycles. The highest BCUT2D eigenvalue weighted by Crippen LogP contribution is 2.22. The average molecular weight is 342 g/mol. The number of hydrogen-bond donors (Lipinski definition) is 1. The number of hydrogen-bond acceptors (Lipinski definition) is 5. The summed E-state index contributed by atoms with van der Waals surface area (Å²) in [6.07, 6.45) is 5.52. The van der Waals surface area contributed by atoms with Crippen LogP contribution < -0.4 is 10.2 Å². The summed E-state index contributed by atoms with van der Waals surface area (Å²) in [4.78, 5) is 25.4. The van der Waals surface area contributed by atoms with Gasteiger partial charge < -0.3 is 4.90 Å². The van der Waals surface area contributed by atoms with Crippen LogP contribution in [0.25, 0.3) is 6.08 Å². The van der Waals surface area contributed by atoms with Crippen molar-refractivity contribution < 1.29 is 9.59 Å². The molecule has 1 aromatic heterocycles. The first-order chi connectivity index (χ1) is 11.7. The molecule has 2 amide bonds. The zero-order valence-electron chi connectivity index (χ0n) is 13.4. The van der Waals surface area contributed by atoms with E-state index in [0.29, 0.717) is 11.6 Å². The van der Waals surface area contributed by atoms with E-state index < -0.39 is 0 Å². The van der Waals surface area contributed by atoms with Gasteiger partial charge in [0.15, 0.2) is 0 Å². The van der Waals surface area contributed by atoms with Crippen LogP contribution in [0.3, 0.4) is 0 Å². The van der Waals surface area contributed by atoms with Gasteiger partial charge in [-0.25, -0.2) is 0 Å². The van der Waals surface area contributed by atoms with E-state index in [1.54, 1.807) is 11.0 Å². The number of nitrogens with one attached hydrogen (secondary N) is 1. The molecule has 1 aliphatic rings. The van der Waals surface area contributed by atoms with Crippen molar-refractivity contribution in [2.75, 3.05) is 16.8 Å². The fourth-order valence-electron chi connectivity index (χ4n) is 2.45. The second kappa shape index (κ2) is 7.35. The van der Waals surface area contributed by atoms with Gasteiger partial charge in [0.1, 0.15) is 5.01 Å². The molecular weight excluding hydrogens is 324 g/mol. The SMILES string of the molecule is CCc1nnc(NC(=O)C=Cc2ccc(N3CCCC3=O)cc2)s1. The second-order valence-corrected chi connectivity index (χ2v) is 6.48. The van der Waals surface area contributed by atoms with Crippen molar-refractivity contribution in [1.29, 1.82) is 0 Å². The summed E-state index contributed by atoms with van der Waals surface area (Å²) < 4.78 is 0. The van der Waals surface area contributed by atoms with Crippen molar-refractivity contribution in [3.05, 3.63) is 40.9 Å². The zero-order valence-corrected chi connectivity index (χ0v) is 14.2. The van der Waals surface area contributed by atoms with E-state index in [1.165, 1.54) is 17.4 Å². The molecule has 0 unspecified atom stereocenters. The van der Waals surface area contributed by atoms with Gasteiger partial charge in [-0.05, 0) is 36.6 Å². The Balaban J connectivity index is 1.59. The topological polar surface area (TPSA) is 75.2 Å². The molecule has 0 atom stereocenters. The van der Waals surface area contributed by atoms with Crippen LogP contribution in [0.5, 0.6) is 0 Å². The van der Waals surface area contributed by atoms with Crippen molar-refractivity contribution in [2.45, 2.75) is 26.2 Å². The van der Waals surface area contributed by atoms with Gasteiger partial charge in [0, 0.05) is 24.7 Å². The number of anilines is 2. The molecule has 0 radical (unpaired) electrons. The number of amides is 2. The van der Waals surface area contributed by atoms with Gasteiger partial charge in [-0.15, -0.1) is 10.2 Å². The minimum Gasteiger partial charge on any atom is -0.312 e. The molecule has 1 aliphatic heterocycles. The van der Waals surface area contributed by atoms with Gasteiger partial charge in [0.25, 0.3) is 0 Å². The molecule has 1 aromatic carbocycles. The lowest BCUT2D eigenvalue weighted by Crippen LogP contribution is -2.23. The molecule has 1 fully saturated rings. The summed E-state index contributed by atoms with van der Waals surface area (Å²) >= 11 is 1.37. The molecule has 24 heavy (non-hydrogen) atoms. The summed E-state index contributed by atoms with van der Waals surface area (Å²) in [6, 6.07) is 7.59. The quantitative estimate of drug-likeness (QED) is 0.848. The van der Waals surface area contributed by atoms with Crippen molar-refractivity contribution in [3.63, 3.8) is 0 Å². The van der Waals surface area contributed by atoms with E-state index in [0.717, 1.165) is 35.6 Å². The van der Waals surface area contributed by atoms with Crippen LogP contribution >= 0.6 is 11.3 Å². The van der Waals surface area contributed by atoms with Crippen LogP contribution in [0.2, 0.25) is 0 Å². The molecule has 1 saturated heterocycles. The fraction of sp³-hybridized carbons (Fsp3) is 0.294. The lowest BCUT2D eigenvalue weighted by Gasteiger charge is -2.15. The third kappa shape index (κ3) is 3.86. The van der Waals surface area contributed by atoms with Crippen LogP contribution in [-0.2, 0) is 16.0 Å². The van der Waals surface area contributed by atoms with Gasteiger partial charge in [-0.1, -0.05) is 30.4 Å². The van der Waals surface area contributed by atoms with E-state index in [-0.39, 0.29) is 11.8 Å². The first-order valence-electron chi connectivity index (χ1n) is 7.87. The maximum Gasteiger partial charge on any atom is 0.250 e. The summed E-state index contributed by atoms with van der Waals surface area (Å²) in [5.74, 6) is -0.0752. The van der Waals surface area contributed by atoms with Crippen molar-refractivity contribution in [1.82, 2.24) is 10.2 Å². The number of aromatic nitrogens is 2. The van der Waals surface area contributed by atoms with Crippen LogP contribution in [0.1, 0.15) is 30.3 Å². The third-order valence-corrected chi connectivity index (χ3v) is 4.69. The Morgan fingerprint density at radius 2 is 2.12 bits per heavy atom. The summed E-state index contributed by atoms with van der Waals surface area (Å²) in [6.45, 7) is 2.77. The lowest BCUT2D eigenvalue weighted by atomic mass is 10.2. The highest BCUT2D eigenvalue weighted by Gasteiger charge is 2.21. The van der Waals surface area contributed by atoms with Crippen LogP contribution in [0, 0.1) is 0 Å². The Morgan fingerprint density at radius 1 is 1.33 bits per heavy atom. The van der Waals surface area contributed by atoms with Gasteiger partial charge in [0.2, 0.25) is 16.9 Å². The molecule has 0 saturated carbocycles. The molecule has 2 aromatic rings. The van der Waals surface area contributed by atoms with Crippen molar-refractivity contribution >= 4 is 40.0 Å². The standard InChI is InChI=1S/C17H18N4O2S/c1-2-15-19-20-17(24-15)18-14(22)10-7-12-5-8-13(9-6-12)21-11-3-4-16(21)23/h5-10H,2-4,11H2,1H3,(H,18,20,22). The normalized spacial score (nSPS) is 14.5. The third-order valence-electron chi connectivity index (χ3n) is 3.70. The number of carbonyl (C=O) groups is 2. The maximum atomic E-state index is 11.9. The number of benzene rings is 1. The Morgan fingerprint density at radius 3 is 2.75 bits per heavy atom. The van der Waals surface area contributed by atoms with E-state index in [2.05, 4.69) is 15.5 Å². The molecule has 0 aliphatic carbocycles. The van der Waals surface area contributed by atoms with Crippen molar-refractivity contribution in [3.8, 4) is 0 Å². The maximum absolute atomic E-state index is 11.9. The Bertz CT molecular complexity index is 767. The van der Waals surface area contributed by atoms with E-state index in [4.69, 9.17) is 0 Å². The molecule has 3 rings (SSSR count). The highest BCUT2D eigenvalue weighted by atomic mass is 32.1. The first kappa shape index (κ1) is 16.3. The number of carbonyl (C=O) groups excluding carboxylic acids is 2.